The van der Waals surface area contributed by atoms with Crippen molar-refractivity contribution < 1.29 is 9.53 Å². The highest BCUT2D eigenvalue weighted by molar-refractivity contribution is 5.68. The number of hydrogen-bond donors (Lipinski definition) is 1. The van der Waals surface area contributed by atoms with Gasteiger partial charge in [-0.25, -0.2) is 4.79 Å². The second kappa shape index (κ2) is 6.21. The van der Waals surface area contributed by atoms with Gasteiger partial charge in [-0.3, -0.25) is 4.90 Å². The maximum absolute atomic E-state index is 11.9. The van der Waals surface area contributed by atoms with Gasteiger partial charge in [0.05, 0.1) is 0 Å². The third kappa shape index (κ3) is 4.52. The van der Waals surface area contributed by atoms with Crippen LogP contribution >= 0.6 is 0 Å². The molecule has 2 N–H and O–H groups in total. The molecule has 0 radical (unpaired) electrons. The molecular weight excluding hydrogens is 218 g/mol. The van der Waals surface area contributed by atoms with Crippen molar-refractivity contribution in [1.29, 1.82) is 0 Å². The number of rotatable bonds is 4. The zero-order chi connectivity index (χ0) is 12.9. The van der Waals surface area contributed by atoms with E-state index in [0.29, 0.717) is 6.54 Å². The van der Waals surface area contributed by atoms with Gasteiger partial charge in [0.15, 0.2) is 0 Å². The van der Waals surface area contributed by atoms with Gasteiger partial charge < -0.3 is 15.4 Å². The second-order valence-corrected chi connectivity index (χ2v) is 5.10. The molecule has 100 valence electrons. The summed E-state index contributed by atoms with van der Waals surface area (Å²) in [5.74, 6) is 0. The van der Waals surface area contributed by atoms with Crippen LogP contribution in [-0.2, 0) is 4.74 Å². The number of nitrogens with two attached hydrogens (primary N) is 1. The van der Waals surface area contributed by atoms with Gasteiger partial charge in [0.2, 0.25) is 0 Å². The molecule has 0 spiro atoms. The van der Waals surface area contributed by atoms with Crippen LogP contribution in [0.3, 0.4) is 0 Å². The number of hydrogen-bond acceptors (Lipinski definition) is 4. The Morgan fingerprint density at radius 2 is 1.88 bits per heavy atom. The zero-order valence-corrected chi connectivity index (χ0v) is 11.2. The van der Waals surface area contributed by atoms with E-state index in [1.54, 1.807) is 4.90 Å². The molecule has 0 unspecified atom stereocenters. The van der Waals surface area contributed by atoms with E-state index in [0.717, 1.165) is 39.1 Å². The van der Waals surface area contributed by atoms with Crippen molar-refractivity contribution in [3.05, 3.63) is 0 Å². The third-order valence-electron chi connectivity index (χ3n) is 3.29. The SMILES string of the molecule is CCC(C)(C)OC(=O)N1CCN(CCN)CC1. The van der Waals surface area contributed by atoms with E-state index in [2.05, 4.69) is 4.90 Å². The van der Waals surface area contributed by atoms with E-state index < -0.39 is 0 Å². The highest BCUT2D eigenvalue weighted by Gasteiger charge is 2.26. The molecule has 5 heteroatoms. The van der Waals surface area contributed by atoms with Gasteiger partial charge in [-0.2, -0.15) is 0 Å². The van der Waals surface area contributed by atoms with Crippen LogP contribution in [0, 0.1) is 0 Å². The molecule has 1 aliphatic rings. The lowest BCUT2D eigenvalue weighted by atomic mass is 10.1. The Morgan fingerprint density at radius 1 is 1.29 bits per heavy atom. The summed E-state index contributed by atoms with van der Waals surface area (Å²) < 4.78 is 5.47. The van der Waals surface area contributed by atoms with Crippen LogP contribution < -0.4 is 5.73 Å². The molecule has 1 amide bonds. The second-order valence-electron chi connectivity index (χ2n) is 5.10. The van der Waals surface area contributed by atoms with E-state index in [9.17, 15) is 4.79 Å². The van der Waals surface area contributed by atoms with Crippen LogP contribution in [0.25, 0.3) is 0 Å². The van der Waals surface area contributed by atoms with Gasteiger partial charge >= 0.3 is 6.09 Å². The molecule has 1 rings (SSSR count). The van der Waals surface area contributed by atoms with E-state index >= 15 is 0 Å². The molecule has 5 nitrogen and oxygen atoms in total. The first kappa shape index (κ1) is 14.3. The maximum Gasteiger partial charge on any atom is 0.410 e. The van der Waals surface area contributed by atoms with Crippen LogP contribution in [0.4, 0.5) is 4.79 Å². The van der Waals surface area contributed by atoms with Crippen LogP contribution in [0.15, 0.2) is 0 Å². The zero-order valence-electron chi connectivity index (χ0n) is 11.2. The fourth-order valence-corrected chi connectivity index (χ4v) is 1.71. The number of piperazine rings is 1. The molecule has 0 atom stereocenters. The number of nitrogens with zero attached hydrogens (tertiary/aromatic N) is 2. The number of amides is 1. The van der Waals surface area contributed by atoms with Gasteiger partial charge in [-0.15, -0.1) is 0 Å². The van der Waals surface area contributed by atoms with Crippen molar-refractivity contribution in [2.45, 2.75) is 32.8 Å². The van der Waals surface area contributed by atoms with Crippen molar-refractivity contribution in [3.8, 4) is 0 Å². The topological polar surface area (TPSA) is 58.8 Å². The minimum absolute atomic E-state index is 0.191. The van der Waals surface area contributed by atoms with Crippen molar-refractivity contribution >= 4 is 6.09 Å². The quantitative estimate of drug-likeness (QED) is 0.796. The largest absolute Gasteiger partial charge is 0.443 e. The molecule has 1 heterocycles. The van der Waals surface area contributed by atoms with Crippen LogP contribution in [0.5, 0.6) is 0 Å². The summed E-state index contributed by atoms with van der Waals surface area (Å²) in [5, 5.41) is 0. The van der Waals surface area contributed by atoms with Crippen molar-refractivity contribution in [1.82, 2.24) is 9.80 Å². The predicted molar refractivity (Wildman–Crippen MR) is 67.9 cm³/mol. The van der Waals surface area contributed by atoms with E-state index in [4.69, 9.17) is 10.5 Å². The minimum atomic E-state index is -0.370. The molecule has 0 bridgehead atoms. The van der Waals surface area contributed by atoms with Crippen molar-refractivity contribution in [2.75, 3.05) is 39.3 Å². The summed E-state index contributed by atoms with van der Waals surface area (Å²) in [6, 6.07) is 0. The molecule has 17 heavy (non-hydrogen) atoms. The summed E-state index contributed by atoms with van der Waals surface area (Å²) in [6.45, 7) is 10.7. The fourth-order valence-electron chi connectivity index (χ4n) is 1.71. The first-order valence-corrected chi connectivity index (χ1v) is 6.39. The Labute approximate surface area is 104 Å². The Kier molecular flexibility index (Phi) is 5.21. The molecule has 1 saturated heterocycles. The third-order valence-corrected chi connectivity index (χ3v) is 3.29. The van der Waals surface area contributed by atoms with Crippen molar-refractivity contribution in [2.24, 2.45) is 5.73 Å². The first-order valence-electron chi connectivity index (χ1n) is 6.39. The van der Waals surface area contributed by atoms with Gasteiger partial charge in [0, 0.05) is 39.3 Å². The monoisotopic (exact) mass is 243 g/mol. The molecule has 1 aliphatic heterocycles. The first-order chi connectivity index (χ1) is 7.98. The molecule has 0 aromatic heterocycles. The van der Waals surface area contributed by atoms with Gasteiger partial charge in [0.1, 0.15) is 5.60 Å². The van der Waals surface area contributed by atoms with Gasteiger partial charge in [-0.05, 0) is 20.3 Å². The highest BCUT2D eigenvalue weighted by atomic mass is 16.6. The lowest BCUT2D eigenvalue weighted by Gasteiger charge is -2.35. The summed E-state index contributed by atoms with van der Waals surface area (Å²) in [4.78, 5) is 16.0. The van der Waals surface area contributed by atoms with E-state index in [1.807, 2.05) is 20.8 Å². The minimum Gasteiger partial charge on any atom is -0.443 e. The summed E-state index contributed by atoms with van der Waals surface area (Å²) in [6.07, 6.45) is 0.635. The fraction of sp³-hybridized carbons (Fsp3) is 0.917. The Hall–Kier alpha value is -0.810. The van der Waals surface area contributed by atoms with Crippen LogP contribution in [0.1, 0.15) is 27.2 Å². The highest BCUT2D eigenvalue weighted by Crippen LogP contribution is 2.16. The smallest absolute Gasteiger partial charge is 0.410 e. The molecule has 0 aromatic rings. The standard InChI is InChI=1S/C12H25N3O2/c1-4-12(2,3)17-11(16)15-9-7-14(6-5-13)8-10-15/h4-10,13H2,1-3H3. The predicted octanol–water partition coefficient (Wildman–Crippen LogP) is 0.888. The number of carbonyl (C=O) groups excluding carboxylic acids is 1. The molecule has 0 aromatic carbocycles. The average molecular weight is 243 g/mol. The molecule has 1 fully saturated rings. The van der Waals surface area contributed by atoms with Crippen LogP contribution in [-0.4, -0.2) is 60.8 Å². The Morgan fingerprint density at radius 3 is 2.35 bits per heavy atom. The Balaban J connectivity index is 2.36. The normalized spacial score (nSPS) is 18.2. The number of carbonyl (C=O) groups is 1. The molecule has 0 aliphatic carbocycles. The van der Waals surface area contributed by atoms with E-state index in [1.165, 1.54) is 0 Å². The number of ether oxygens (including phenoxy) is 1. The Bertz CT molecular complexity index is 248. The van der Waals surface area contributed by atoms with E-state index in [-0.39, 0.29) is 11.7 Å². The van der Waals surface area contributed by atoms with Crippen molar-refractivity contribution in [3.63, 3.8) is 0 Å². The van der Waals surface area contributed by atoms with Gasteiger partial charge in [-0.1, -0.05) is 6.92 Å². The molecular formula is C12H25N3O2. The lowest BCUT2D eigenvalue weighted by Crippen LogP contribution is -2.51. The average Bonchev–Trinajstić information content (AvgIpc) is 2.30. The summed E-state index contributed by atoms with van der Waals surface area (Å²) in [7, 11) is 0. The summed E-state index contributed by atoms with van der Waals surface area (Å²) >= 11 is 0. The molecule has 0 saturated carbocycles. The summed E-state index contributed by atoms with van der Waals surface area (Å²) in [5.41, 5.74) is 5.14. The maximum atomic E-state index is 11.9. The van der Waals surface area contributed by atoms with Crippen LogP contribution in [0.2, 0.25) is 0 Å². The lowest BCUT2D eigenvalue weighted by molar-refractivity contribution is 0.00285. The van der Waals surface area contributed by atoms with Gasteiger partial charge in [0.25, 0.3) is 0 Å².